The summed E-state index contributed by atoms with van der Waals surface area (Å²) in [6.45, 7) is 4.32. The van der Waals surface area contributed by atoms with Gasteiger partial charge in [0.25, 0.3) is 0 Å². The van der Waals surface area contributed by atoms with Crippen molar-refractivity contribution in [3.8, 4) is 0 Å². The Kier molecular flexibility index (Phi) is 5.23. The van der Waals surface area contributed by atoms with Crippen LogP contribution in [0.3, 0.4) is 0 Å². The first-order valence-electron chi connectivity index (χ1n) is 5.70. The van der Waals surface area contributed by atoms with Gasteiger partial charge in [0.15, 0.2) is 0 Å². The molecule has 1 aromatic rings. The molecule has 0 fully saturated rings. The Morgan fingerprint density at radius 3 is 2.69 bits per heavy atom. The lowest BCUT2D eigenvalue weighted by atomic mass is 9.94. The first-order chi connectivity index (χ1) is 7.58. The molecule has 0 heterocycles. The zero-order valence-corrected chi connectivity index (χ0v) is 10.8. The Labute approximate surface area is 102 Å². The standard InChI is InChI=1S/C13H19ClFN/c1-4-9(2)7-13(16-3)11-8-10(14)5-6-12(11)15/h5-6,8-9,13,16H,4,7H2,1-3H3. The lowest BCUT2D eigenvalue weighted by molar-refractivity contribution is 0.410. The van der Waals surface area contributed by atoms with Crippen molar-refractivity contribution in [1.29, 1.82) is 0 Å². The van der Waals surface area contributed by atoms with Crippen LogP contribution in [0.2, 0.25) is 5.02 Å². The van der Waals surface area contributed by atoms with E-state index >= 15 is 0 Å². The molecule has 1 N–H and O–H groups in total. The van der Waals surface area contributed by atoms with Crippen LogP contribution < -0.4 is 5.32 Å². The number of halogens is 2. The fourth-order valence-corrected chi connectivity index (χ4v) is 1.93. The normalized spacial score (nSPS) is 14.8. The minimum Gasteiger partial charge on any atom is -0.313 e. The minimum absolute atomic E-state index is 0.0358. The van der Waals surface area contributed by atoms with Crippen LogP contribution in [0.25, 0.3) is 0 Å². The molecule has 1 rings (SSSR count). The Hall–Kier alpha value is -0.600. The van der Waals surface area contributed by atoms with Crippen molar-refractivity contribution in [1.82, 2.24) is 5.32 Å². The molecule has 0 amide bonds. The fraction of sp³-hybridized carbons (Fsp3) is 0.538. The summed E-state index contributed by atoms with van der Waals surface area (Å²) in [7, 11) is 1.85. The van der Waals surface area contributed by atoms with Crippen LogP contribution in [-0.4, -0.2) is 7.05 Å². The quantitative estimate of drug-likeness (QED) is 0.818. The number of nitrogens with one attached hydrogen (secondary N) is 1. The molecule has 0 radical (unpaired) electrons. The van der Waals surface area contributed by atoms with Gasteiger partial charge >= 0.3 is 0 Å². The van der Waals surface area contributed by atoms with Crippen molar-refractivity contribution < 1.29 is 4.39 Å². The van der Waals surface area contributed by atoms with Gasteiger partial charge < -0.3 is 5.32 Å². The van der Waals surface area contributed by atoms with E-state index in [4.69, 9.17) is 11.6 Å². The number of benzene rings is 1. The lowest BCUT2D eigenvalue weighted by Crippen LogP contribution is -2.20. The van der Waals surface area contributed by atoms with Crippen LogP contribution in [0.15, 0.2) is 18.2 Å². The fourth-order valence-electron chi connectivity index (χ4n) is 1.75. The van der Waals surface area contributed by atoms with Gasteiger partial charge in [-0.15, -0.1) is 0 Å². The molecule has 0 aliphatic rings. The molecule has 1 nitrogen and oxygen atoms in total. The van der Waals surface area contributed by atoms with Gasteiger partial charge in [-0.25, -0.2) is 4.39 Å². The molecule has 16 heavy (non-hydrogen) atoms. The Balaban J connectivity index is 2.89. The van der Waals surface area contributed by atoms with Crippen molar-refractivity contribution in [3.05, 3.63) is 34.6 Å². The Morgan fingerprint density at radius 1 is 1.44 bits per heavy atom. The highest BCUT2D eigenvalue weighted by Gasteiger charge is 2.16. The second-order valence-electron chi connectivity index (χ2n) is 4.26. The predicted molar refractivity (Wildman–Crippen MR) is 67.3 cm³/mol. The molecule has 0 aliphatic heterocycles. The van der Waals surface area contributed by atoms with E-state index in [-0.39, 0.29) is 11.9 Å². The summed E-state index contributed by atoms with van der Waals surface area (Å²) in [6.07, 6.45) is 2.02. The summed E-state index contributed by atoms with van der Waals surface area (Å²) in [6, 6.07) is 4.75. The topological polar surface area (TPSA) is 12.0 Å². The second-order valence-corrected chi connectivity index (χ2v) is 4.69. The van der Waals surface area contributed by atoms with E-state index < -0.39 is 0 Å². The van der Waals surface area contributed by atoms with Gasteiger partial charge in [0.1, 0.15) is 5.82 Å². The second kappa shape index (κ2) is 6.21. The Bertz CT molecular complexity index is 341. The molecule has 0 aromatic heterocycles. The van der Waals surface area contributed by atoms with Crippen molar-refractivity contribution in [2.75, 3.05) is 7.05 Å². The van der Waals surface area contributed by atoms with Crippen LogP contribution >= 0.6 is 11.6 Å². The third kappa shape index (κ3) is 3.46. The predicted octanol–water partition coefficient (Wildman–Crippen LogP) is 4.18. The van der Waals surface area contributed by atoms with Crippen LogP contribution in [-0.2, 0) is 0 Å². The maximum absolute atomic E-state index is 13.7. The summed E-state index contributed by atoms with van der Waals surface area (Å²) in [5, 5.41) is 3.74. The van der Waals surface area contributed by atoms with Gasteiger partial charge in [0.05, 0.1) is 0 Å². The molecule has 0 aliphatic carbocycles. The molecule has 2 unspecified atom stereocenters. The molecular weight excluding hydrogens is 225 g/mol. The highest BCUT2D eigenvalue weighted by atomic mass is 35.5. The molecule has 0 spiro atoms. The van der Waals surface area contributed by atoms with E-state index in [1.807, 2.05) is 7.05 Å². The molecular formula is C13H19ClFN. The third-order valence-electron chi connectivity index (χ3n) is 3.02. The van der Waals surface area contributed by atoms with Crippen molar-refractivity contribution in [3.63, 3.8) is 0 Å². The summed E-state index contributed by atoms with van der Waals surface area (Å²) in [4.78, 5) is 0. The van der Waals surface area contributed by atoms with Gasteiger partial charge in [-0.3, -0.25) is 0 Å². The van der Waals surface area contributed by atoms with E-state index in [1.165, 1.54) is 6.07 Å². The van der Waals surface area contributed by atoms with E-state index in [1.54, 1.807) is 12.1 Å². The van der Waals surface area contributed by atoms with Crippen molar-refractivity contribution >= 4 is 11.6 Å². The number of hydrogen-bond acceptors (Lipinski definition) is 1. The van der Waals surface area contributed by atoms with Gasteiger partial charge in [-0.2, -0.15) is 0 Å². The summed E-state index contributed by atoms with van der Waals surface area (Å²) < 4.78 is 13.7. The maximum atomic E-state index is 13.7. The van der Waals surface area contributed by atoms with E-state index in [9.17, 15) is 4.39 Å². The first kappa shape index (κ1) is 13.5. The van der Waals surface area contributed by atoms with Crippen LogP contribution in [0.5, 0.6) is 0 Å². The smallest absolute Gasteiger partial charge is 0.128 e. The molecule has 0 saturated carbocycles. The van der Waals surface area contributed by atoms with Gasteiger partial charge in [-0.1, -0.05) is 31.9 Å². The lowest BCUT2D eigenvalue weighted by Gasteiger charge is -2.20. The van der Waals surface area contributed by atoms with Crippen LogP contribution in [0.1, 0.15) is 38.3 Å². The molecule has 1 aromatic carbocycles. The summed E-state index contributed by atoms with van der Waals surface area (Å²) in [5.74, 6) is 0.378. The van der Waals surface area contributed by atoms with Gasteiger partial charge in [-0.05, 0) is 37.6 Å². The number of hydrogen-bond donors (Lipinski definition) is 1. The largest absolute Gasteiger partial charge is 0.313 e. The van der Waals surface area contributed by atoms with Crippen LogP contribution in [0, 0.1) is 11.7 Å². The number of rotatable bonds is 5. The van der Waals surface area contributed by atoms with Crippen molar-refractivity contribution in [2.24, 2.45) is 5.92 Å². The zero-order valence-electron chi connectivity index (χ0n) is 10.1. The van der Waals surface area contributed by atoms with E-state index in [0.717, 1.165) is 12.8 Å². The average Bonchev–Trinajstić information content (AvgIpc) is 2.29. The Morgan fingerprint density at radius 2 is 2.12 bits per heavy atom. The monoisotopic (exact) mass is 243 g/mol. The minimum atomic E-state index is -0.188. The molecule has 3 heteroatoms. The molecule has 90 valence electrons. The highest BCUT2D eigenvalue weighted by molar-refractivity contribution is 6.30. The summed E-state index contributed by atoms with van der Waals surface area (Å²) >= 11 is 5.89. The molecule has 0 bridgehead atoms. The molecule has 2 atom stereocenters. The van der Waals surface area contributed by atoms with Gasteiger partial charge in [0.2, 0.25) is 0 Å². The van der Waals surface area contributed by atoms with E-state index in [0.29, 0.717) is 16.5 Å². The summed E-state index contributed by atoms with van der Waals surface area (Å²) in [5.41, 5.74) is 0.662. The third-order valence-corrected chi connectivity index (χ3v) is 3.25. The zero-order chi connectivity index (χ0) is 12.1. The molecule has 0 saturated heterocycles. The first-order valence-corrected chi connectivity index (χ1v) is 6.08. The maximum Gasteiger partial charge on any atom is 0.128 e. The van der Waals surface area contributed by atoms with Crippen LogP contribution in [0.4, 0.5) is 4.39 Å². The van der Waals surface area contributed by atoms with Gasteiger partial charge in [0, 0.05) is 16.6 Å². The van der Waals surface area contributed by atoms with Crippen molar-refractivity contribution in [2.45, 2.75) is 32.7 Å². The van der Waals surface area contributed by atoms with E-state index in [2.05, 4.69) is 19.2 Å². The highest BCUT2D eigenvalue weighted by Crippen LogP contribution is 2.27. The average molecular weight is 244 g/mol. The SMILES string of the molecule is CCC(C)CC(NC)c1cc(Cl)ccc1F.